The molecule has 0 amide bonds. The van der Waals surface area contributed by atoms with E-state index in [0.29, 0.717) is 12.5 Å². The maximum absolute atomic E-state index is 5.52. The highest BCUT2D eigenvalue weighted by molar-refractivity contribution is 9.11. The van der Waals surface area contributed by atoms with Crippen LogP contribution in [0.2, 0.25) is 0 Å². The van der Waals surface area contributed by atoms with Crippen molar-refractivity contribution >= 4 is 59.4 Å². The van der Waals surface area contributed by atoms with Gasteiger partial charge in [-0.15, -0.1) is 11.6 Å². The van der Waals surface area contributed by atoms with E-state index in [0.717, 1.165) is 19.2 Å². The summed E-state index contributed by atoms with van der Waals surface area (Å²) in [5.74, 6) is 1.26. The van der Waals surface area contributed by atoms with E-state index < -0.39 is 0 Å². The van der Waals surface area contributed by atoms with E-state index in [2.05, 4.69) is 47.8 Å². The number of halogens is 4. The van der Waals surface area contributed by atoms with Crippen molar-refractivity contribution in [1.29, 1.82) is 0 Å². The average molecular weight is 393 g/mol. The van der Waals surface area contributed by atoms with Crippen LogP contribution in [0.15, 0.2) is 25.6 Å². The summed E-state index contributed by atoms with van der Waals surface area (Å²) in [6, 6.07) is 3.85. The Morgan fingerprint density at radius 3 is 2.15 bits per heavy atom. The molecule has 0 N–H and O–H groups in total. The molecule has 72 valence electrons. The average Bonchev–Trinajstić information content (AvgIpc) is 2.02. The Hall–Kier alpha value is 0.750. The summed E-state index contributed by atoms with van der Waals surface area (Å²) < 4.78 is 8.22. The zero-order chi connectivity index (χ0) is 9.84. The molecule has 1 nitrogen and oxygen atoms in total. The van der Waals surface area contributed by atoms with Gasteiger partial charge in [0.2, 0.25) is 0 Å². The predicted octanol–water partition coefficient (Wildman–Crippen LogP) is 4.59. The molecule has 0 aromatic heterocycles. The Balaban J connectivity index is 2.92. The maximum atomic E-state index is 5.52. The van der Waals surface area contributed by atoms with E-state index in [1.54, 1.807) is 0 Å². The molecule has 0 saturated carbocycles. The lowest BCUT2D eigenvalue weighted by atomic mass is 10.3. The molecule has 0 aliphatic carbocycles. The van der Waals surface area contributed by atoms with E-state index in [1.165, 1.54) is 0 Å². The zero-order valence-electron chi connectivity index (χ0n) is 6.49. The molecule has 0 heterocycles. The minimum Gasteiger partial charge on any atom is -0.490 e. The van der Waals surface area contributed by atoms with Crippen LogP contribution in [0.25, 0.3) is 0 Å². The summed E-state index contributed by atoms with van der Waals surface area (Å²) in [5, 5.41) is 0. The monoisotopic (exact) mass is 390 g/mol. The van der Waals surface area contributed by atoms with Crippen molar-refractivity contribution in [2.24, 2.45) is 0 Å². The smallest absolute Gasteiger partial charge is 0.147 e. The predicted molar refractivity (Wildman–Crippen MR) is 65.8 cm³/mol. The largest absolute Gasteiger partial charge is 0.490 e. The van der Waals surface area contributed by atoms with Crippen molar-refractivity contribution in [3.8, 4) is 5.75 Å². The highest BCUT2D eigenvalue weighted by Gasteiger charge is 2.07. The molecule has 0 aliphatic rings. The quantitative estimate of drug-likeness (QED) is 0.683. The van der Waals surface area contributed by atoms with Crippen molar-refractivity contribution < 1.29 is 4.74 Å². The molecule has 0 bridgehead atoms. The molecule has 1 aromatic carbocycles. The normalized spacial score (nSPS) is 10.2. The first-order valence-corrected chi connectivity index (χ1v) is 6.40. The second kappa shape index (κ2) is 5.59. The number of alkyl halides is 1. The SMILES string of the molecule is ClCCOc1c(Br)cc(Br)cc1Br. The third-order valence-electron chi connectivity index (χ3n) is 1.29. The van der Waals surface area contributed by atoms with Gasteiger partial charge in [0.25, 0.3) is 0 Å². The number of rotatable bonds is 3. The van der Waals surface area contributed by atoms with Crippen LogP contribution in [0.4, 0.5) is 0 Å². The van der Waals surface area contributed by atoms with Crippen LogP contribution in [0.5, 0.6) is 5.75 Å². The second-order valence-corrected chi connectivity index (χ2v) is 5.24. The molecular formula is C8H6Br3ClO. The minimum atomic E-state index is 0.481. The summed E-state index contributed by atoms with van der Waals surface area (Å²) in [6.07, 6.45) is 0. The Bertz CT molecular complexity index is 280. The van der Waals surface area contributed by atoms with Crippen molar-refractivity contribution in [2.75, 3.05) is 12.5 Å². The fraction of sp³-hybridized carbons (Fsp3) is 0.250. The van der Waals surface area contributed by atoms with Gasteiger partial charge in [0.15, 0.2) is 0 Å². The molecule has 0 spiro atoms. The lowest BCUT2D eigenvalue weighted by Crippen LogP contribution is -1.99. The highest BCUT2D eigenvalue weighted by atomic mass is 79.9. The van der Waals surface area contributed by atoms with E-state index in [4.69, 9.17) is 16.3 Å². The van der Waals surface area contributed by atoms with Crippen LogP contribution < -0.4 is 4.74 Å². The standard InChI is InChI=1S/C8H6Br3ClO/c9-5-3-6(10)8(7(11)4-5)13-2-1-12/h3-4H,1-2H2. The molecule has 0 aliphatic heterocycles. The summed E-state index contributed by atoms with van der Waals surface area (Å²) in [7, 11) is 0. The van der Waals surface area contributed by atoms with Gasteiger partial charge in [-0.2, -0.15) is 0 Å². The molecule has 5 heteroatoms. The van der Waals surface area contributed by atoms with Crippen molar-refractivity contribution in [2.45, 2.75) is 0 Å². The Labute approximate surface area is 107 Å². The molecule has 1 rings (SSSR count). The minimum absolute atomic E-state index is 0.481. The van der Waals surface area contributed by atoms with Crippen LogP contribution >= 0.6 is 59.4 Å². The van der Waals surface area contributed by atoms with Gasteiger partial charge < -0.3 is 4.74 Å². The number of ether oxygens (including phenoxy) is 1. The van der Waals surface area contributed by atoms with Gasteiger partial charge in [0.1, 0.15) is 12.4 Å². The fourth-order valence-corrected chi connectivity index (χ4v) is 3.37. The van der Waals surface area contributed by atoms with Gasteiger partial charge in [-0.3, -0.25) is 0 Å². The maximum Gasteiger partial charge on any atom is 0.147 e. The van der Waals surface area contributed by atoms with Gasteiger partial charge in [-0.05, 0) is 44.0 Å². The lowest BCUT2D eigenvalue weighted by molar-refractivity contribution is 0.338. The number of hydrogen-bond donors (Lipinski definition) is 0. The van der Waals surface area contributed by atoms with Gasteiger partial charge in [-0.1, -0.05) is 15.9 Å². The summed E-state index contributed by atoms with van der Waals surface area (Å²) in [5.41, 5.74) is 0. The van der Waals surface area contributed by atoms with E-state index in [1.807, 2.05) is 12.1 Å². The first kappa shape index (κ1) is 11.8. The fourth-order valence-electron chi connectivity index (χ4n) is 0.807. The van der Waals surface area contributed by atoms with Crippen LogP contribution in [0, 0.1) is 0 Å². The zero-order valence-corrected chi connectivity index (χ0v) is 12.0. The van der Waals surface area contributed by atoms with Crippen molar-refractivity contribution in [3.05, 3.63) is 25.6 Å². The molecule has 13 heavy (non-hydrogen) atoms. The lowest BCUT2D eigenvalue weighted by Gasteiger charge is -2.09. The summed E-state index contributed by atoms with van der Waals surface area (Å²) in [6.45, 7) is 0.500. The molecular weight excluding hydrogens is 387 g/mol. The molecule has 0 fully saturated rings. The van der Waals surface area contributed by atoms with Gasteiger partial charge in [0.05, 0.1) is 14.8 Å². The third-order valence-corrected chi connectivity index (χ3v) is 3.08. The van der Waals surface area contributed by atoms with Gasteiger partial charge in [-0.25, -0.2) is 0 Å². The second-order valence-electron chi connectivity index (χ2n) is 2.24. The van der Waals surface area contributed by atoms with Crippen LogP contribution in [-0.2, 0) is 0 Å². The Kier molecular flexibility index (Phi) is 5.08. The van der Waals surface area contributed by atoms with E-state index in [9.17, 15) is 0 Å². The first-order chi connectivity index (χ1) is 6.15. The molecule has 0 radical (unpaired) electrons. The topological polar surface area (TPSA) is 9.23 Å². The first-order valence-electron chi connectivity index (χ1n) is 3.48. The Morgan fingerprint density at radius 1 is 1.15 bits per heavy atom. The third kappa shape index (κ3) is 3.42. The Morgan fingerprint density at radius 2 is 1.69 bits per heavy atom. The van der Waals surface area contributed by atoms with Crippen molar-refractivity contribution in [3.63, 3.8) is 0 Å². The highest BCUT2D eigenvalue weighted by Crippen LogP contribution is 2.36. The van der Waals surface area contributed by atoms with E-state index in [-0.39, 0.29) is 0 Å². The molecule has 1 aromatic rings. The molecule has 0 unspecified atom stereocenters. The molecule has 0 atom stereocenters. The summed E-state index contributed by atoms with van der Waals surface area (Å²) >= 11 is 15.7. The van der Waals surface area contributed by atoms with Crippen molar-refractivity contribution in [1.82, 2.24) is 0 Å². The van der Waals surface area contributed by atoms with E-state index >= 15 is 0 Å². The summed E-state index contributed by atoms with van der Waals surface area (Å²) in [4.78, 5) is 0. The van der Waals surface area contributed by atoms with Crippen LogP contribution in [0.3, 0.4) is 0 Å². The van der Waals surface area contributed by atoms with Crippen LogP contribution in [-0.4, -0.2) is 12.5 Å². The van der Waals surface area contributed by atoms with Gasteiger partial charge in [0, 0.05) is 4.47 Å². The number of benzene rings is 1. The van der Waals surface area contributed by atoms with Gasteiger partial charge >= 0.3 is 0 Å². The number of hydrogen-bond acceptors (Lipinski definition) is 1. The molecule has 0 saturated heterocycles. The van der Waals surface area contributed by atoms with Crippen LogP contribution in [0.1, 0.15) is 0 Å².